The average molecular weight is 442 g/mol. The van der Waals surface area contributed by atoms with E-state index in [1.54, 1.807) is 0 Å². The van der Waals surface area contributed by atoms with Crippen molar-refractivity contribution in [2.45, 2.75) is 34.1 Å². The van der Waals surface area contributed by atoms with E-state index in [1.807, 2.05) is 0 Å². The standard InChI is InChI=1S/C32H29N2/c1-19-21-10-6-7-11-23(21)28-24-12-8-9-13-25(24)34-26-15-14-20(18-32(2,3)4)22-16-17-33(5)30(29(22)26)27(19)31(28)34/h6-17H,18H2,1-5H3/q+1. The highest BCUT2D eigenvalue weighted by molar-refractivity contribution is 6.33. The van der Waals surface area contributed by atoms with Crippen molar-refractivity contribution in [3.8, 4) is 0 Å². The quantitative estimate of drug-likeness (QED) is 0.139. The minimum absolute atomic E-state index is 0.230. The summed E-state index contributed by atoms with van der Waals surface area (Å²) in [7, 11) is 2.20. The number of hydrogen-bond donors (Lipinski definition) is 0. The number of aromatic nitrogens is 2. The first-order valence-corrected chi connectivity index (χ1v) is 12.2. The molecular weight excluding hydrogens is 412 g/mol. The van der Waals surface area contributed by atoms with Gasteiger partial charge >= 0.3 is 0 Å². The Hall–Kier alpha value is -3.65. The van der Waals surface area contributed by atoms with Crippen LogP contribution in [0.1, 0.15) is 31.9 Å². The molecule has 0 fully saturated rings. The Morgan fingerprint density at radius 3 is 2.18 bits per heavy atom. The summed E-state index contributed by atoms with van der Waals surface area (Å²) < 4.78 is 4.88. The summed E-state index contributed by atoms with van der Waals surface area (Å²) in [5.74, 6) is 0. The van der Waals surface area contributed by atoms with Crippen LogP contribution in [0.3, 0.4) is 0 Å². The maximum absolute atomic E-state index is 2.54. The van der Waals surface area contributed by atoms with E-state index in [-0.39, 0.29) is 5.41 Å². The van der Waals surface area contributed by atoms with Crippen molar-refractivity contribution in [2.24, 2.45) is 12.5 Å². The van der Waals surface area contributed by atoms with Crippen LogP contribution < -0.4 is 4.57 Å². The summed E-state index contributed by atoms with van der Waals surface area (Å²) in [6, 6.07) is 24.9. The van der Waals surface area contributed by atoms with Gasteiger partial charge in [-0.1, -0.05) is 69.3 Å². The van der Waals surface area contributed by atoms with Gasteiger partial charge in [-0.2, -0.15) is 0 Å². The van der Waals surface area contributed by atoms with Crippen LogP contribution in [0.4, 0.5) is 0 Å². The number of rotatable bonds is 1. The van der Waals surface area contributed by atoms with Crippen molar-refractivity contribution >= 4 is 59.8 Å². The minimum Gasteiger partial charge on any atom is -0.307 e. The smallest absolute Gasteiger partial charge is 0.224 e. The summed E-state index contributed by atoms with van der Waals surface area (Å²) in [4.78, 5) is 0. The maximum atomic E-state index is 2.54. The highest BCUT2D eigenvalue weighted by atomic mass is 15.0. The minimum atomic E-state index is 0.230. The number of aryl methyl sites for hydroxylation is 2. The summed E-state index contributed by atoms with van der Waals surface area (Å²) in [6.07, 6.45) is 3.31. The van der Waals surface area contributed by atoms with Crippen molar-refractivity contribution in [2.75, 3.05) is 0 Å². The van der Waals surface area contributed by atoms with E-state index in [1.165, 1.54) is 70.9 Å². The molecule has 0 amide bonds. The van der Waals surface area contributed by atoms with Gasteiger partial charge in [0.1, 0.15) is 7.05 Å². The van der Waals surface area contributed by atoms with Gasteiger partial charge in [-0.05, 0) is 58.2 Å². The van der Waals surface area contributed by atoms with E-state index in [9.17, 15) is 0 Å². The van der Waals surface area contributed by atoms with Crippen LogP contribution in [0, 0.1) is 12.3 Å². The Kier molecular flexibility index (Phi) is 3.77. The Labute approximate surface area is 199 Å². The van der Waals surface area contributed by atoms with Crippen LogP contribution in [-0.4, -0.2) is 4.40 Å². The summed E-state index contributed by atoms with van der Waals surface area (Å²) in [6.45, 7) is 9.30. The molecule has 0 atom stereocenters. The van der Waals surface area contributed by atoms with Gasteiger partial charge in [0.2, 0.25) is 5.52 Å². The van der Waals surface area contributed by atoms with Gasteiger partial charge in [0.05, 0.1) is 27.3 Å². The fraction of sp³-hybridized carbons (Fsp3) is 0.219. The molecule has 0 aliphatic heterocycles. The second-order valence-corrected chi connectivity index (χ2v) is 11.2. The van der Waals surface area contributed by atoms with Gasteiger partial charge in [-0.3, -0.25) is 0 Å². The molecule has 3 heterocycles. The molecule has 4 aromatic carbocycles. The second-order valence-electron chi connectivity index (χ2n) is 11.2. The van der Waals surface area contributed by atoms with Crippen LogP contribution in [0.15, 0.2) is 72.9 Å². The third kappa shape index (κ3) is 2.43. The lowest BCUT2D eigenvalue weighted by Crippen LogP contribution is -2.29. The monoisotopic (exact) mass is 441 g/mol. The summed E-state index contributed by atoms with van der Waals surface area (Å²) in [5, 5.41) is 9.52. The molecule has 0 saturated heterocycles. The van der Waals surface area contributed by atoms with E-state index in [0.717, 1.165) is 6.42 Å². The van der Waals surface area contributed by atoms with Gasteiger partial charge in [0, 0.05) is 16.8 Å². The zero-order valence-electron chi connectivity index (χ0n) is 20.5. The second kappa shape index (κ2) is 6.48. The lowest BCUT2D eigenvalue weighted by atomic mass is 9.85. The molecule has 7 aromatic rings. The zero-order chi connectivity index (χ0) is 23.4. The van der Waals surface area contributed by atoms with E-state index in [0.29, 0.717) is 0 Å². The molecule has 2 nitrogen and oxygen atoms in total. The highest BCUT2D eigenvalue weighted by Gasteiger charge is 2.27. The number of hydrogen-bond acceptors (Lipinski definition) is 0. The Balaban J connectivity index is 1.88. The first-order valence-electron chi connectivity index (χ1n) is 12.2. The fourth-order valence-electron chi connectivity index (χ4n) is 6.37. The van der Waals surface area contributed by atoms with E-state index in [4.69, 9.17) is 0 Å². The molecule has 0 saturated carbocycles. The van der Waals surface area contributed by atoms with Crippen molar-refractivity contribution < 1.29 is 4.57 Å². The Morgan fingerprint density at radius 1 is 0.706 bits per heavy atom. The molecule has 0 spiro atoms. The van der Waals surface area contributed by atoms with Crippen LogP contribution in [0.2, 0.25) is 0 Å². The lowest BCUT2D eigenvalue weighted by Gasteiger charge is -2.21. The first-order chi connectivity index (χ1) is 16.3. The maximum Gasteiger partial charge on any atom is 0.224 e. The normalized spacial score (nSPS) is 13.0. The Bertz CT molecular complexity index is 1930. The van der Waals surface area contributed by atoms with E-state index in [2.05, 4.69) is 117 Å². The molecule has 0 N–H and O–H groups in total. The van der Waals surface area contributed by atoms with Gasteiger partial charge in [-0.15, -0.1) is 0 Å². The Morgan fingerprint density at radius 2 is 1.41 bits per heavy atom. The molecule has 0 unspecified atom stereocenters. The molecule has 166 valence electrons. The average Bonchev–Trinajstić information content (AvgIpc) is 3.15. The molecular formula is C32H29N2+. The van der Waals surface area contributed by atoms with Gasteiger partial charge in [0.25, 0.3) is 0 Å². The molecule has 0 bridgehead atoms. The molecule has 0 aliphatic rings. The molecule has 7 rings (SSSR count). The molecule has 2 heteroatoms. The molecule has 0 radical (unpaired) electrons. The van der Waals surface area contributed by atoms with Crippen molar-refractivity contribution in [3.63, 3.8) is 0 Å². The third-order valence-electron chi connectivity index (χ3n) is 7.65. The summed E-state index contributed by atoms with van der Waals surface area (Å²) >= 11 is 0. The lowest BCUT2D eigenvalue weighted by molar-refractivity contribution is -0.643. The predicted octanol–water partition coefficient (Wildman–Crippen LogP) is 7.86. The highest BCUT2D eigenvalue weighted by Crippen LogP contribution is 2.45. The summed E-state index contributed by atoms with van der Waals surface area (Å²) in [5.41, 5.74) is 8.30. The van der Waals surface area contributed by atoms with Crippen molar-refractivity contribution in [1.29, 1.82) is 0 Å². The number of fused-ring (bicyclic) bond motifs is 7. The third-order valence-corrected chi connectivity index (χ3v) is 7.65. The van der Waals surface area contributed by atoms with E-state index >= 15 is 0 Å². The largest absolute Gasteiger partial charge is 0.307 e. The number of nitrogens with zero attached hydrogens (tertiary/aromatic N) is 2. The van der Waals surface area contributed by atoms with Crippen LogP contribution in [-0.2, 0) is 13.5 Å². The topological polar surface area (TPSA) is 8.29 Å². The van der Waals surface area contributed by atoms with Crippen LogP contribution in [0.5, 0.6) is 0 Å². The molecule has 3 aromatic heterocycles. The first kappa shape index (κ1) is 19.8. The van der Waals surface area contributed by atoms with Gasteiger partial charge in [0.15, 0.2) is 6.20 Å². The van der Waals surface area contributed by atoms with Crippen LogP contribution >= 0.6 is 0 Å². The van der Waals surface area contributed by atoms with E-state index < -0.39 is 0 Å². The predicted molar refractivity (Wildman–Crippen MR) is 145 cm³/mol. The molecule has 34 heavy (non-hydrogen) atoms. The SMILES string of the molecule is Cc1c2ccccc2c2c3ccccc3n3c4ccc(CC(C)(C)C)c5cc[n+](C)c(c1c23)c54. The van der Waals surface area contributed by atoms with Gasteiger partial charge < -0.3 is 4.40 Å². The molecule has 0 aliphatic carbocycles. The fourth-order valence-corrected chi connectivity index (χ4v) is 6.37. The number of pyridine rings is 2. The zero-order valence-corrected chi connectivity index (χ0v) is 20.5. The number of para-hydroxylation sites is 1. The van der Waals surface area contributed by atoms with Gasteiger partial charge in [-0.25, -0.2) is 4.57 Å². The van der Waals surface area contributed by atoms with Crippen molar-refractivity contribution in [3.05, 3.63) is 84.1 Å². The van der Waals surface area contributed by atoms with Crippen LogP contribution in [0.25, 0.3) is 59.8 Å². The number of benzene rings is 4. The van der Waals surface area contributed by atoms with Crippen molar-refractivity contribution in [1.82, 2.24) is 4.40 Å².